The topological polar surface area (TPSA) is 85.1 Å². The zero-order valence-electron chi connectivity index (χ0n) is 11.9. The number of para-hydroxylation sites is 1. The van der Waals surface area contributed by atoms with E-state index in [0.29, 0.717) is 11.4 Å². The normalized spacial score (nSPS) is 10.4. The number of nitrogens with two attached hydrogens (primary N) is 1. The number of rotatable bonds is 7. The monoisotopic (exact) mass is 353 g/mol. The fourth-order valence-corrected chi connectivity index (χ4v) is 3.95. The van der Waals surface area contributed by atoms with Gasteiger partial charge in [-0.2, -0.15) is 0 Å². The highest BCUT2D eigenvalue weighted by Gasteiger charge is 2.09. The SMILES string of the molecule is Cc1csc(SCC(=O)Nc2ccccc2SCC(N)=O)n1. The summed E-state index contributed by atoms with van der Waals surface area (Å²) in [4.78, 5) is 28.0. The smallest absolute Gasteiger partial charge is 0.234 e. The fraction of sp³-hybridized carbons (Fsp3) is 0.214. The van der Waals surface area contributed by atoms with E-state index in [4.69, 9.17) is 5.73 Å². The van der Waals surface area contributed by atoms with Crippen LogP contribution in [0.15, 0.2) is 38.9 Å². The molecule has 3 N–H and O–H groups in total. The fourth-order valence-electron chi connectivity index (χ4n) is 1.56. The number of anilines is 1. The van der Waals surface area contributed by atoms with Crippen molar-refractivity contribution < 1.29 is 9.59 Å². The number of thioether (sulfide) groups is 2. The van der Waals surface area contributed by atoms with Gasteiger partial charge in [0, 0.05) is 16.0 Å². The maximum absolute atomic E-state index is 12.0. The predicted octanol–water partition coefficient (Wildman–Crippen LogP) is 2.76. The van der Waals surface area contributed by atoms with Gasteiger partial charge in [0.15, 0.2) is 4.34 Å². The Hall–Kier alpha value is -1.51. The molecule has 0 radical (unpaired) electrons. The van der Waals surface area contributed by atoms with E-state index >= 15 is 0 Å². The number of amides is 2. The van der Waals surface area contributed by atoms with Crippen molar-refractivity contribution in [2.24, 2.45) is 5.73 Å². The molecule has 2 amide bonds. The zero-order valence-corrected chi connectivity index (χ0v) is 14.3. The van der Waals surface area contributed by atoms with Gasteiger partial charge in [0.2, 0.25) is 11.8 Å². The number of hydrogen-bond donors (Lipinski definition) is 2. The Labute approximate surface area is 141 Å². The molecule has 1 heterocycles. The summed E-state index contributed by atoms with van der Waals surface area (Å²) in [5.74, 6) is -0.0206. The van der Waals surface area contributed by atoms with Crippen LogP contribution in [0.1, 0.15) is 5.69 Å². The third kappa shape index (κ3) is 5.36. The van der Waals surface area contributed by atoms with Gasteiger partial charge < -0.3 is 11.1 Å². The first-order valence-electron chi connectivity index (χ1n) is 6.39. The van der Waals surface area contributed by atoms with E-state index in [1.165, 1.54) is 34.9 Å². The second-order valence-corrected chi connectivity index (χ2v) is 7.44. The highest BCUT2D eigenvalue weighted by Crippen LogP contribution is 2.27. The maximum atomic E-state index is 12.0. The third-order valence-corrected chi connectivity index (χ3v) is 5.69. The van der Waals surface area contributed by atoms with Crippen LogP contribution in [0.25, 0.3) is 0 Å². The lowest BCUT2D eigenvalue weighted by Crippen LogP contribution is -2.15. The van der Waals surface area contributed by atoms with Crippen molar-refractivity contribution in [2.75, 3.05) is 16.8 Å². The molecule has 0 saturated heterocycles. The van der Waals surface area contributed by atoms with E-state index in [2.05, 4.69) is 10.3 Å². The number of nitrogens with zero attached hydrogens (tertiary/aromatic N) is 1. The van der Waals surface area contributed by atoms with Crippen LogP contribution in [0.3, 0.4) is 0 Å². The van der Waals surface area contributed by atoms with Gasteiger partial charge in [-0.3, -0.25) is 9.59 Å². The Morgan fingerprint density at radius 2 is 2.05 bits per heavy atom. The predicted molar refractivity (Wildman–Crippen MR) is 92.6 cm³/mol. The number of hydrogen-bond acceptors (Lipinski definition) is 6. The molecule has 116 valence electrons. The summed E-state index contributed by atoms with van der Waals surface area (Å²) >= 11 is 4.24. The average Bonchev–Trinajstić information content (AvgIpc) is 2.90. The molecule has 0 aliphatic rings. The van der Waals surface area contributed by atoms with Crippen molar-refractivity contribution >= 4 is 52.4 Å². The molecule has 0 bridgehead atoms. The number of carbonyl (C=O) groups is 2. The molecule has 0 unspecified atom stereocenters. The molecular formula is C14H15N3O2S3. The van der Waals surface area contributed by atoms with Crippen molar-refractivity contribution in [1.82, 2.24) is 4.98 Å². The molecule has 0 saturated carbocycles. The highest BCUT2D eigenvalue weighted by molar-refractivity contribution is 8.01. The summed E-state index contributed by atoms with van der Waals surface area (Å²) in [6, 6.07) is 7.34. The van der Waals surface area contributed by atoms with Crippen LogP contribution >= 0.6 is 34.9 Å². The summed E-state index contributed by atoms with van der Waals surface area (Å²) in [7, 11) is 0. The van der Waals surface area contributed by atoms with Crippen LogP contribution in [-0.4, -0.2) is 28.3 Å². The van der Waals surface area contributed by atoms with Crippen LogP contribution in [0.2, 0.25) is 0 Å². The minimum Gasteiger partial charge on any atom is -0.369 e. The Balaban J connectivity index is 1.91. The number of nitrogens with one attached hydrogen (secondary N) is 1. The van der Waals surface area contributed by atoms with E-state index in [0.717, 1.165) is 14.9 Å². The summed E-state index contributed by atoms with van der Waals surface area (Å²) in [5, 5.41) is 4.81. The van der Waals surface area contributed by atoms with Crippen LogP contribution < -0.4 is 11.1 Å². The molecule has 2 aromatic rings. The molecule has 2 rings (SSSR count). The Kier molecular flexibility index (Phi) is 6.29. The van der Waals surface area contributed by atoms with Gasteiger partial charge in [-0.05, 0) is 19.1 Å². The first-order chi connectivity index (χ1) is 10.5. The lowest BCUT2D eigenvalue weighted by atomic mass is 10.3. The Morgan fingerprint density at radius 1 is 1.27 bits per heavy atom. The van der Waals surface area contributed by atoms with Gasteiger partial charge in [-0.25, -0.2) is 4.98 Å². The number of primary amides is 1. The molecule has 0 spiro atoms. The molecule has 5 nitrogen and oxygen atoms in total. The van der Waals surface area contributed by atoms with Crippen molar-refractivity contribution in [3.8, 4) is 0 Å². The summed E-state index contributed by atoms with van der Waals surface area (Å²) in [5.41, 5.74) is 6.80. The third-order valence-electron chi connectivity index (χ3n) is 2.46. The first-order valence-corrected chi connectivity index (χ1v) is 9.24. The highest BCUT2D eigenvalue weighted by atomic mass is 32.2. The van der Waals surface area contributed by atoms with E-state index in [1.807, 2.05) is 30.5 Å². The van der Waals surface area contributed by atoms with E-state index in [1.54, 1.807) is 6.07 Å². The second kappa shape index (κ2) is 8.21. The van der Waals surface area contributed by atoms with Gasteiger partial charge in [-0.15, -0.1) is 23.1 Å². The average molecular weight is 353 g/mol. The number of aryl methyl sites for hydroxylation is 1. The standard InChI is InChI=1S/C14H15N3O2S3/c1-9-6-21-14(16-9)22-8-13(19)17-10-4-2-3-5-11(10)20-7-12(15)18/h2-6H,7-8H2,1H3,(H2,15,18)(H,17,19). The van der Waals surface area contributed by atoms with Gasteiger partial charge in [0.05, 0.1) is 17.2 Å². The number of carbonyl (C=O) groups excluding carboxylic acids is 2. The summed E-state index contributed by atoms with van der Waals surface area (Å²) < 4.78 is 0.879. The van der Waals surface area contributed by atoms with Crippen LogP contribution in [-0.2, 0) is 9.59 Å². The molecule has 22 heavy (non-hydrogen) atoms. The Bertz CT molecular complexity index is 673. The number of thiazole rings is 1. The van der Waals surface area contributed by atoms with E-state index in [9.17, 15) is 9.59 Å². The van der Waals surface area contributed by atoms with Gasteiger partial charge in [0.25, 0.3) is 0 Å². The zero-order chi connectivity index (χ0) is 15.9. The summed E-state index contributed by atoms with van der Waals surface area (Å²) in [6.45, 7) is 1.92. The largest absolute Gasteiger partial charge is 0.369 e. The molecule has 1 aromatic heterocycles. The van der Waals surface area contributed by atoms with Crippen molar-refractivity contribution in [1.29, 1.82) is 0 Å². The first kappa shape index (κ1) is 16.9. The van der Waals surface area contributed by atoms with Crippen LogP contribution in [0.5, 0.6) is 0 Å². The summed E-state index contributed by atoms with van der Waals surface area (Å²) in [6.07, 6.45) is 0. The van der Waals surface area contributed by atoms with Crippen molar-refractivity contribution in [2.45, 2.75) is 16.2 Å². The molecule has 0 aliphatic heterocycles. The van der Waals surface area contributed by atoms with Crippen LogP contribution in [0.4, 0.5) is 5.69 Å². The van der Waals surface area contributed by atoms with Crippen LogP contribution in [0, 0.1) is 6.92 Å². The van der Waals surface area contributed by atoms with Crippen molar-refractivity contribution in [3.63, 3.8) is 0 Å². The lowest BCUT2D eigenvalue weighted by molar-refractivity contribution is -0.115. The second-order valence-electron chi connectivity index (χ2n) is 4.34. The minimum atomic E-state index is -0.388. The Morgan fingerprint density at radius 3 is 2.73 bits per heavy atom. The lowest BCUT2D eigenvalue weighted by Gasteiger charge is -2.09. The molecule has 0 fully saturated rings. The van der Waals surface area contributed by atoms with E-state index < -0.39 is 0 Å². The van der Waals surface area contributed by atoms with Gasteiger partial charge in [0.1, 0.15) is 0 Å². The molecular weight excluding hydrogens is 338 g/mol. The van der Waals surface area contributed by atoms with Gasteiger partial charge >= 0.3 is 0 Å². The molecule has 8 heteroatoms. The molecule has 1 aromatic carbocycles. The molecule has 0 atom stereocenters. The minimum absolute atomic E-state index is 0.107. The van der Waals surface area contributed by atoms with Crippen molar-refractivity contribution in [3.05, 3.63) is 35.3 Å². The van der Waals surface area contributed by atoms with Gasteiger partial charge in [-0.1, -0.05) is 23.9 Å². The number of benzene rings is 1. The maximum Gasteiger partial charge on any atom is 0.234 e. The van der Waals surface area contributed by atoms with E-state index in [-0.39, 0.29) is 17.6 Å². The molecule has 0 aliphatic carbocycles. The number of aromatic nitrogens is 1. The quantitative estimate of drug-likeness (QED) is 0.748.